The summed E-state index contributed by atoms with van der Waals surface area (Å²) in [5, 5.41) is 9.68. The molecule has 3 rings (SSSR count). The van der Waals surface area contributed by atoms with E-state index in [1.807, 2.05) is 43.3 Å². The third kappa shape index (κ3) is 4.21. The van der Waals surface area contributed by atoms with Gasteiger partial charge in [-0.15, -0.1) is 0 Å². The lowest BCUT2D eigenvalue weighted by atomic mass is 10.1. The standard InChI is InChI=1S/C22H21N3O3/c1-16-12-21(26)25(15-17-6-4-3-5-7-17)19-13-18(27-10-8-23)14-20(22(16)19)28-11-9-24-2/h3-7,9,12-14H,10-11,15H2,1-2H3. The molecule has 0 saturated carbocycles. The predicted octanol–water partition coefficient (Wildman–Crippen LogP) is 3.34. The molecule has 0 fully saturated rings. The van der Waals surface area contributed by atoms with Crippen LogP contribution in [0.1, 0.15) is 11.1 Å². The van der Waals surface area contributed by atoms with Gasteiger partial charge in [-0.2, -0.15) is 5.26 Å². The molecular weight excluding hydrogens is 354 g/mol. The number of ether oxygens (including phenoxy) is 2. The van der Waals surface area contributed by atoms with E-state index in [9.17, 15) is 4.79 Å². The van der Waals surface area contributed by atoms with Gasteiger partial charge in [-0.1, -0.05) is 30.3 Å². The molecule has 0 unspecified atom stereocenters. The number of aliphatic imine (C=N–C) groups is 1. The highest BCUT2D eigenvalue weighted by Gasteiger charge is 2.14. The number of pyridine rings is 1. The zero-order valence-electron chi connectivity index (χ0n) is 15.9. The first-order valence-corrected chi connectivity index (χ1v) is 8.89. The molecule has 1 heterocycles. The van der Waals surface area contributed by atoms with Crippen LogP contribution >= 0.6 is 0 Å². The molecule has 0 N–H and O–H groups in total. The normalized spacial score (nSPS) is 10.9. The van der Waals surface area contributed by atoms with Gasteiger partial charge in [-0.3, -0.25) is 9.79 Å². The molecule has 0 spiro atoms. The number of nitriles is 1. The van der Waals surface area contributed by atoms with Crippen molar-refractivity contribution in [3.63, 3.8) is 0 Å². The van der Waals surface area contributed by atoms with Crippen LogP contribution in [0.5, 0.6) is 11.5 Å². The maximum Gasteiger partial charge on any atom is 0.251 e. The second-order valence-corrected chi connectivity index (χ2v) is 6.25. The molecule has 0 aliphatic rings. The Hall–Kier alpha value is -3.59. The van der Waals surface area contributed by atoms with Crippen LogP contribution in [0.4, 0.5) is 0 Å². The molecule has 28 heavy (non-hydrogen) atoms. The number of aryl methyl sites for hydroxylation is 1. The molecule has 0 aliphatic heterocycles. The van der Waals surface area contributed by atoms with E-state index in [0.29, 0.717) is 30.2 Å². The molecule has 0 aliphatic carbocycles. The second-order valence-electron chi connectivity index (χ2n) is 6.25. The van der Waals surface area contributed by atoms with Crippen LogP contribution in [0.15, 0.2) is 58.3 Å². The van der Waals surface area contributed by atoms with Gasteiger partial charge in [0, 0.05) is 36.8 Å². The number of rotatable bonds is 7. The van der Waals surface area contributed by atoms with Crippen molar-refractivity contribution in [2.75, 3.05) is 20.3 Å². The van der Waals surface area contributed by atoms with Crippen molar-refractivity contribution < 1.29 is 9.47 Å². The van der Waals surface area contributed by atoms with Crippen LogP contribution in [0, 0.1) is 18.3 Å². The fraction of sp³-hybridized carbons (Fsp3) is 0.227. The quantitative estimate of drug-likeness (QED) is 0.594. The van der Waals surface area contributed by atoms with Gasteiger partial charge >= 0.3 is 0 Å². The Morgan fingerprint density at radius 1 is 1.18 bits per heavy atom. The molecule has 0 saturated heterocycles. The fourth-order valence-electron chi connectivity index (χ4n) is 3.08. The zero-order valence-corrected chi connectivity index (χ0v) is 15.9. The summed E-state index contributed by atoms with van der Waals surface area (Å²) in [6.07, 6.45) is 1.66. The zero-order chi connectivity index (χ0) is 19.9. The summed E-state index contributed by atoms with van der Waals surface area (Å²) in [7, 11) is 1.68. The molecule has 0 atom stereocenters. The third-order valence-corrected chi connectivity index (χ3v) is 4.33. The molecule has 6 nitrogen and oxygen atoms in total. The van der Waals surface area contributed by atoms with E-state index in [1.54, 1.807) is 36.0 Å². The SMILES string of the molecule is CN=CCOc1cc(OCC#N)cc2c1c(C)cc(=O)n2Cc1ccccc1. The summed E-state index contributed by atoms with van der Waals surface area (Å²) >= 11 is 0. The van der Waals surface area contributed by atoms with Crippen LogP contribution in [0.3, 0.4) is 0 Å². The van der Waals surface area contributed by atoms with Gasteiger partial charge in [0.15, 0.2) is 6.61 Å². The van der Waals surface area contributed by atoms with Crippen molar-refractivity contribution in [3.05, 3.63) is 70.0 Å². The smallest absolute Gasteiger partial charge is 0.251 e. The summed E-state index contributed by atoms with van der Waals surface area (Å²) in [5.41, 5.74) is 2.43. The van der Waals surface area contributed by atoms with E-state index in [2.05, 4.69) is 4.99 Å². The van der Waals surface area contributed by atoms with Gasteiger partial charge in [0.2, 0.25) is 0 Å². The molecule has 6 heteroatoms. The molecule has 3 aromatic rings. The summed E-state index contributed by atoms with van der Waals surface area (Å²) in [6, 6.07) is 16.9. The van der Waals surface area contributed by atoms with Gasteiger partial charge < -0.3 is 14.0 Å². The third-order valence-electron chi connectivity index (χ3n) is 4.33. The average Bonchev–Trinajstić information content (AvgIpc) is 2.70. The van der Waals surface area contributed by atoms with E-state index in [1.165, 1.54) is 0 Å². The number of benzene rings is 2. The summed E-state index contributed by atoms with van der Waals surface area (Å²) in [4.78, 5) is 16.7. The van der Waals surface area contributed by atoms with Crippen molar-refractivity contribution in [2.24, 2.45) is 4.99 Å². The minimum absolute atomic E-state index is 0.0872. The minimum atomic E-state index is -0.104. The number of hydrogen-bond donors (Lipinski definition) is 0. The first-order chi connectivity index (χ1) is 13.6. The van der Waals surface area contributed by atoms with Gasteiger partial charge in [0.05, 0.1) is 12.1 Å². The van der Waals surface area contributed by atoms with Crippen LogP contribution < -0.4 is 15.0 Å². The highest BCUT2D eigenvalue weighted by Crippen LogP contribution is 2.33. The highest BCUT2D eigenvalue weighted by molar-refractivity contribution is 5.90. The molecule has 0 amide bonds. The summed E-state index contributed by atoms with van der Waals surface area (Å²) < 4.78 is 13.1. The van der Waals surface area contributed by atoms with E-state index < -0.39 is 0 Å². The Labute approximate surface area is 163 Å². The Morgan fingerprint density at radius 3 is 2.68 bits per heavy atom. The topological polar surface area (TPSA) is 76.6 Å². The van der Waals surface area contributed by atoms with Crippen molar-refractivity contribution in [2.45, 2.75) is 13.5 Å². The van der Waals surface area contributed by atoms with Crippen LogP contribution in [0.2, 0.25) is 0 Å². The number of fused-ring (bicyclic) bond motifs is 1. The second kappa shape index (κ2) is 8.87. The van der Waals surface area contributed by atoms with Gasteiger partial charge in [-0.25, -0.2) is 0 Å². The molecule has 0 radical (unpaired) electrons. The van der Waals surface area contributed by atoms with Crippen molar-refractivity contribution in [3.8, 4) is 17.6 Å². The van der Waals surface area contributed by atoms with E-state index in [0.717, 1.165) is 16.5 Å². The van der Waals surface area contributed by atoms with E-state index in [4.69, 9.17) is 14.7 Å². The van der Waals surface area contributed by atoms with Crippen molar-refractivity contribution >= 4 is 17.1 Å². The van der Waals surface area contributed by atoms with Crippen molar-refractivity contribution in [1.29, 1.82) is 5.26 Å². The fourth-order valence-corrected chi connectivity index (χ4v) is 3.08. The van der Waals surface area contributed by atoms with Crippen LogP contribution in [-0.2, 0) is 6.54 Å². The summed E-state index contributed by atoms with van der Waals surface area (Å²) in [5.74, 6) is 1.06. The first kappa shape index (κ1) is 19.2. The molecule has 2 aromatic carbocycles. The predicted molar refractivity (Wildman–Crippen MR) is 110 cm³/mol. The largest absolute Gasteiger partial charge is 0.487 e. The minimum Gasteiger partial charge on any atom is -0.487 e. The average molecular weight is 375 g/mol. The molecule has 0 bridgehead atoms. The Bertz CT molecular complexity index is 1100. The maximum absolute atomic E-state index is 12.8. The monoisotopic (exact) mass is 375 g/mol. The van der Waals surface area contributed by atoms with Gasteiger partial charge in [0.1, 0.15) is 24.2 Å². The highest BCUT2D eigenvalue weighted by atomic mass is 16.5. The molecular formula is C22H21N3O3. The van der Waals surface area contributed by atoms with Gasteiger partial charge in [-0.05, 0) is 18.1 Å². The Morgan fingerprint density at radius 2 is 1.96 bits per heavy atom. The maximum atomic E-state index is 12.8. The number of aromatic nitrogens is 1. The number of nitrogens with zero attached hydrogens (tertiary/aromatic N) is 3. The van der Waals surface area contributed by atoms with Crippen molar-refractivity contribution in [1.82, 2.24) is 4.57 Å². The van der Waals surface area contributed by atoms with Crippen LogP contribution in [0.25, 0.3) is 10.9 Å². The Balaban J connectivity index is 2.20. The first-order valence-electron chi connectivity index (χ1n) is 8.89. The molecule has 1 aromatic heterocycles. The van der Waals surface area contributed by atoms with E-state index >= 15 is 0 Å². The number of hydrogen-bond acceptors (Lipinski definition) is 5. The van der Waals surface area contributed by atoms with Crippen LogP contribution in [-0.4, -0.2) is 31.0 Å². The Kier molecular flexibility index (Phi) is 6.07. The molecule has 142 valence electrons. The summed E-state index contributed by atoms with van der Waals surface area (Å²) in [6.45, 7) is 2.52. The lowest BCUT2D eigenvalue weighted by Crippen LogP contribution is -2.21. The lowest BCUT2D eigenvalue weighted by molar-refractivity contribution is 0.357. The van der Waals surface area contributed by atoms with E-state index in [-0.39, 0.29) is 12.2 Å². The van der Waals surface area contributed by atoms with Gasteiger partial charge in [0.25, 0.3) is 5.56 Å². The lowest BCUT2D eigenvalue weighted by Gasteiger charge is -2.17.